The van der Waals surface area contributed by atoms with Crippen LogP contribution < -0.4 is 5.32 Å². The molecule has 0 saturated carbocycles. The summed E-state index contributed by atoms with van der Waals surface area (Å²) in [6.07, 6.45) is 2.05. The first-order valence-electron chi connectivity index (χ1n) is 9.15. The Bertz CT molecular complexity index is 1190. The average molecular weight is 373 g/mol. The number of imide groups is 1. The Hall–Kier alpha value is -3.54. The molecule has 1 atom stereocenters. The lowest BCUT2D eigenvalue weighted by Gasteiger charge is -2.19. The van der Waals surface area contributed by atoms with Crippen molar-refractivity contribution in [2.75, 3.05) is 11.9 Å². The first-order chi connectivity index (χ1) is 13.5. The van der Waals surface area contributed by atoms with Crippen LogP contribution in [0.15, 0.2) is 59.9 Å². The Balaban J connectivity index is 1.81. The van der Waals surface area contributed by atoms with E-state index in [1.807, 2.05) is 37.5 Å². The standard InChI is InChI=1S/C22H19N3O3/c1-12(26)25-11-17-21(22(25)28)19(13-6-8-14(27)9-7-13)15-10-24(2)18-5-3-4-16(23-17)20(15)18/h3-10,19,23,27H,11H2,1-2H3/t19-/m1/s1. The van der Waals surface area contributed by atoms with E-state index >= 15 is 0 Å². The molecule has 140 valence electrons. The van der Waals surface area contributed by atoms with Crippen LogP contribution in [-0.2, 0) is 16.6 Å². The van der Waals surface area contributed by atoms with Crippen LogP contribution >= 0.6 is 0 Å². The van der Waals surface area contributed by atoms with Crippen molar-refractivity contribution < 1.29 is 14.7 Å². The van der Waals surface area contributed by atoms with Gasteiger partial charge in [0.25, 0.3) is 5.91 Å². The van der Waals surface area contributed by atoms with E-state index in [2.05, 4.69) is 16.0 Å². The molecule has 1 aromatic heterocycles. The van der Waals surface area contributed by atoms with Crippen molar-refractivity contribution in [3.63, 3.8) is 0 Å². The molecule has 3 aromatic rings. The van der Waals surface area contributed by atoms with Gasteiger partial charge in [-0.3, -0.25) is 14.5 Å². The van der Waals surface area contributed by atoms with Gasteiger partial charge in [-0.25, -0.2) is 0 Å². The molecule has 2 aliphatic rings. The van der Waals surface area contributed by atoms with Crippen molar-refractivity contribution in [2.24, 2.45) is 7.05 Å². The topological polar surface area (TPSA) is 74.6 Å². The largest absolute Gasteiger partial charge is 0.508 e. The lowest BCUT2D eigenvalue weighted by Crippen LogP contribution is -2.33. The minimum atomic E-state index is -0.327. The summed E-state index contributed by atoms with van der Waals surface area (Å²) in [5, 5.41) is 14.2. The molecule has 0 spiro atoms. The van der Waals surface area contributed by atoms with Gasteiger partial charge in [0.05, 0.1) is 17.6 Å². The van der Waals surface area contributed by atoms with Gasteiger partial charge in [0.1, 0.15) is 5.75 Å². The van der Waals surface area contributed by atoms with E-state index in [0.717, 1.165) is 33.4 Å². The number of carbonyl (C=O) groups excluding carboxylic acids is 2. The molecule has 0 fully saturated rings. The van der Waals surface area contributed by atoms with Gasteiger partial charge in [0, 0.05) is 42.9 Å². The van der Waals surface area contributed by atoms with Crippen LogP contribution in [0.1, 0.15) is 24.0 Å². The highest BCUT2D eigenvalue weighted by molar-refractivity contribution is 6.11. The van der Waals surface area contributed by atoms with Gasteiger partial charge in [-0.2, -0.15) is 0 Å². The van der Waals surface area contributed by atoms with Crippen LogP contribution in [0.5, 0.6) is 5.75 Å². The zero-order chi connectivity index (χ0) is 19.6. The number of amides is 2. The van der Waals surface area contributed by atoms with Crippen LogP contribution in [0.2, 0.25) is 0 Å². The summed E-state index contributed by atoms with van der Waals surface area (Å²) >= 11 is 0. The summed E-state index contributed by atoms with van der Waals surface area (Å²) in [6, 6.07) is 13.0. The van der Waals surface area contributed by atoms with E-state index in [1.54, 1.807) is 12.1 Å². The molecule has 2 aromatic carbocycles. The van der Waals surface area contributed by atoms with Crippen LogP contribution in [0.3, 0.4) is 0 Å². The number of aromatic nitrogens is 1. The second kappa shape index (κ2) is 5.73. The maximum atomic E-state index is 13.2. The normalized spacial score (nSPS) is 18.3. The molecule has 0 unspecified atom stereocenters. The smallest absolute Gasteiger partial charge is 0.259 e. The van der Waals surface area contributed by atoms with Gasteiger partial charge >= 0.3 is 0 Å². The SMILES string of the molecule is CC(=O)N1CC2=C(C1=O)[C@H](c1ccc(O)cc1)c1cn(C)c3cccc(c13)N2. The summed E-state index contributed by atoms with van der Waals surface area (Å²) in [5.41, 5.74) is 5.25. The third-order valence-corrected chi connectivity index (χ3v) is 5.65. The number of nitrogens with one attached hydrogen (secondary N) is 1. The molecular formula is C22H19N3O3. The maximum Gasteiger partial charge on any atom is 0.259 e. The molecule has 28 heavy (non-hydrogen) atoms. The van der Waals surface area contributed by atoms with Crippen molar-refractivity contribution >= 4 is 28.4 Å². The fraction of sp³-hybridized carbons (Fsp3) is 0.182. The highest BCUT2D eigenvalue weighted by Gasteiger charge is 2.41. The number of aromatic hydroxyl groups is 1. The average Bonchev–Trinajstić information content (AvgIpc) is 3.12. The molecule has 2 amide bonds. The third-order valence-electron chi connectivity index (χ3n) is 5.65. The van der Waals surface area contributed by atoms with Crippen LogP contribution in [-0.4, -0.2) is 32.9 Å². The molecule has 3 heterocycles. The van der Waals surface area contributed by atoms with E-state index in [9.17, 15) is 14.7 Å². The summed E-state index contributed by atoms with van der Waals surface area (Å²) in [7, 11) is 1.98. The molecular weight excluding hydrogens is 354 g/mol. The molecule has 0 saturated heterocycles. The zero-order valence-electron chi connectivity index (χ0n) is 15.6. The number of nitrogens with zero attached hydrogens (tertiary/aromatic N) is 2. The molecule has 5 rings (SSSR count). The number of hydrogen-bond donors (Lipinski definition) is 2. The number of hydrogen-bond acceptors (Lipinski definition) is 4. The van der Waals surface area contributed by atoms with Crippen molar-refractivity contribution in [3.05, 3.63) is 71.1 Å². The summed E-state index contributed by atoms with van der Waals surface area (Å²) in [4.78, 5) is 26.5. The number of phenols is 1. The monoisotopic (exact) mass is 373 g/mol. The quantitative estimate of drug-likeness (QED) is 0.687. The van der Waals surface area contributed by atoms with Crippen molar-refractivity contribution in [1.29, 1.82) is 0 Å². The lowest BCUT2D eigenvalue weighted by molar-refractivity contribution is -0.139. The molecule has 0 aliphatic carbocycles. The molecule has 6 nitrogen and oxygen atoms in total. The first kappa shape index (κ1) is 16.6. The van der Waals surface area contributed by atoms with E-state index in [4.69, 9.17) is 0 Å². The molecule has 0 bridgehead atoms. The zero-order valence-corrected chi connectivity index (χ0v) is 15.6. The Morgan fingerprint density at radius 1 is 1.18 bits per heavy atom. The summed E-state index contributed by atoms with van der Waals surface area (Å²) < 4.78 is 2.05. The fourth-order valence-corrected chi connectivity index (χ4v) is 4.38. The fourth-order valence-electron chi connectivity index (χ4n) is 4.38. The Labute approximate surface area is 161 Å². The van der Waals surface area contributed by atoms with E-state index in [-0.39, 0.29) is 30.0 Å². The van der Waals surface area contributed by atoms with Crippen LogP contribution in [0.4, 0.5) is 5.69 Å². The van der Waals surface area contributed by atoms with Gasteiger partial charge in [-0.05, 0) is 35.4 Å². The highest BCUT2D eigenvalue weighted by atomic mass is 16.3. The van der Waals surface area contributed by atoms with Crippen LogP contribution in [0.25, 0.3) is 10.9 Å². The van der Waals surface area contributed by atoms with Crippen molar-refractivity contribution in [3.8, 4) is 5.75 Å². The Morgan fingerprint density at radius 2 is 1.93 bits per heavy atom. The number of aryl methyl sites for hydroxylation is 1. The van der Waals surface area contributed by atoms with Crippen LogP contribution in [0, 0.1) is 0 Å². The summed E-state index contributed by atoms with van der Waals surface area (Å²) in [5.74, 6) is -0.688. The highest BCUT2D eigenvalue weighted by Crippen LogP contribution is 2.46. The van der Waals surface area contributed by atoms with E-state index in [0.29, 0.717) is 5.57 Å². The van der Waals surface area contributed by atoms with Crippen molar-refractivity contribution in [1.82, 2.24) is 9.47 Å². The van der Waals surface area contributed by atoms with Gasteiger partial charge < -0.3 is 15.0 Å². The number of phenolic OH excluding ortho intramolecular Hbond substituents is 1. The maximum absolute atomic E-state index is 13.2. The number of rotatable bonds is 1. The molecule has 6 heteroatoms. The first-order valence-corrected chi connectivity index (χ1v) is 9.15. The number of carbonyl (C=O) groups is 2. The second-order valence-electron chi connectivity index (χ2n) is 7.35. The molecule has 0 radical (unpaired) electrons. The van der Waals surface area contributed by atoms with E-state index in [1.165, 1.54) is 11.8 Å². The predicted octanol–water partition coefficient (Wildman–Crippen LogP) is 3.08. The van der Waals surface area contributed by atoms with Crippen molar-refractivity contribution in [2.45, 2.75) is 12.8 Å². The van der Waals surface area contributed by atoms with E-state index < -0.39 is 0 Å². The number of anilines is 1. The second-order valence-corrected chi connectivity index (χ2v) is 7.35. The van der Waals surface area contributed by atoms with Gasteiger partial charge in [-0.15, -0.1) is 0 Å². The number of benzene rings is 2. The Morgan fingerprint density at radius 3 is 2.64 bits per heavy atom. The molecule has 2 aliphatic heterocycles. The van der Waals surface area contributed by atoms with Gasteiger partial charge in [0.2, 0.25) is 5.91 Å². The minimum Gasteiger partial charge on any atom is -0.508 e. The lowest BCUT2D eigenvalue weighted by atomic mass is 9.84. The van der Waals surface area contributed by atoms with Gasteiger partial charge in [0.15, 0.2) is 0 Å². The minimum absolute atomic E-state index is 0.173. The summed E-state index contributed by atoms with van der Waals surface area (Å²) in [6.45, 7) is 1.65. The Kier molecular flexibility index (Phi) is 3.40. The third kappa shape index (κ3) is 2.21. The predicted molar refractivity (Wildman–Crippen MR) is 106 cm³/mol. The molecule has 2 N–H and O–H groups in total. The van der Waals surface area contributed by atoms with Gasteiger partial charge in [-0.1, -0.05) is 18.2 Å².